The number of imide groups is 1. The van der Waals surface area contributed by atoms with E-state index in [9.17, 15) is 32.3 Å². The number of aromatic nitrogens is 1. The summed E-state index contributed by atoms with van der Waals surface area (Å²) < 4.78 is 43.1. The van der Waals surface area contributed by atoms with Gasteiger partial charge in [0.15, 0.2) is 0 Å². The van der Waals surface area contributed by atoms with Crippen molar-refractivity contribution in [3.8, 4) is 0 Å². The number of rotatable bonds is 5. The smallest absolute Gasteiger partial charge is 0.325 e. The molecule has 0 aliphatic carbocycles. The van der Waals surface area contributed by atoms with Gasteiger partial charge >= 0.3 is 11.0 Å². The molecule has 0 spiro atoms. The van der Waals surface area contributed by atoms with Crippen LogP contribution < -0.4 is 15.1 Å². The Morgan fingerprint density at radius 2 is 1.66 bits per heavy atom. The van der Waals surface area contributed by atoms with E-state index in [0.717, 1.165) is 40.8 Å². The Morgan fingerprint density at radius 3 is 2.36 bits per heavy atom. The number of nitrogens with one attached hydrogen (secondary N) is 1. The average Bonchev–Trinajstić information content (AvgIpc) is 3.41. The number of benzene rings is 3. The number of halogens is 5. The fourth-order valence-electron chi connectivity index (χ4n) is 5.48. The molecule has 7 nitrogen and oxygen atoms in total. The van der Waals surface area contributed by atoms with Crippen molar-refractivity contribution in [2.75, 3.05) is 10.2 Å². The van der Waals surface area contributed by atoms with E-state index in [4.69, 9.17) is 23.2 Å². The number of hydrogen-bond donors (Lipinski definition) is 1. The number of hydrogen-bond acceptors (Lipinski definition) is 6. The van der Waals surface area contributed by atoms with Gasteiger partial charge in [0.1, 0.15) is 11.8 Å². The van der Waals surface area contributed by atoms with Crippen LogP contribution in [0.4, 0.5) is 24.5 Å². The lowest BCUT2D eigenvalue weighted by atomic mass is 9.83. The van der Waals surface area contributed by atoms with E-state index in [-0.39, 0.29) is 15.1 Å². The predicted octanol–water partition coefficient (Wildman–Crippen LogP) is 6.98. The molecule has 3 atom stereocenters. The fourth-order valence-corrected chi connectivity index (χ4v) is 8.67. The number of thiazole rings is 1. The van der Waals surface area contributed by atoms with Crippen molar-refractivity contribution in [1.29, 1.82) is 0 Å². The molecule has 226 valence electrons. The zero-order chi connectivity index (χ0) is 31.5. The third kappa shape index (κ3) is 5.23. The van der Waals surface area contributed by atoms with Crippen molar-refractivity contribution in [3.05, 3.63) is 108 Å². The number of carbonyl (C=O) groups excluding carboxylic acids is 3. The largest absolute Gasteiger partial charge is 0.418 e. The molecule has 1 fully saturated rings. The van der Waals surface area contributed by atoms with Crippen LogP contribution >= 0.6 is 46.3 Å². The molecule has 14 heteroatoms. The maximum Gasteiger partial charge on any atom is 0.418 e. The summed E-state index contributed by atoms with van der Waals surface area (Å²) in [6.07, 6.45) is -4.84. The molecule has 0 radical (unpaired) electrons. The Kier molecular flexibility index (Phi) is 7.89. The highest BCUT2D eigenvalue weighted by Crippen LogP contribution is 2.55. The molecule has 2 aliphatic heterocycles. The first-order chi connectivity index (χ1) is 20.9. The minimum absolute atomic E-state index is 0.0784. The molecular formula is C30H20Cl2F3N3O4S2. The lowest BCUT2D eigenvalue weighted by Crippen LogP contribution is -2.33. The van der Waals surface area contributed by atoms with E-state index in [1.54, 1.807) is 24.3 Å². The topological polar surface area (TPSA) is 88.5 Å². The summed E-state index contributed by atoms with van der Waals surface area (Å²) in [6, 6.07) is 16.1. The van der Waals surface area contributed by atoms with E-state index in [1.165, 1.54) is 22.8 Å². The van der Waals surface area contributed by atoms with Crippen LogP contribution in [-0.4, -0.2) is 27.5 Å². The van der Waals surface area contributed by atoms with Crippen LogP contribution in [0.3, 0.4) is 0 Å². The summed E-state index contributed by atoms with van der Waals surface area (Å²) in [4.78, 5) is 54.6. The van der Waals surface area contributed by atoms with E-state index in [2.05, 4.69) is 5.32 Å². The summed E-state index contributed by atoms with van der Waals surface area (Å²) in [5.74, 6) is -4.44. The molecule has 0 saturated carbocycles. The second-order valence-electron chi connectivity index (χ2n) is 10.2. The molecule has 2 aliphatic rings. The van der Waals surface area contributed by atoms with Gasteiger partial charge in [-0.1, -0.05) is 88.3 Å². The summed E-state index contributed by atoms with van der Waals surface area (Å²) in [5, 5.41) is 2.01. The molecule has 0 unspecified atom stereocenters. The minimum Gasteiger partial charge on any atom is -0.325 e. The molecule has 4 aromatic rings. The standard InChI is InChI=1S/C30H20Cl2F3N3O4S2/c1-14-9-11-15(12-10-14)36-20(39)13-37-28-25(44-29(37)42)21(16-5-4-7-18(31)23(16)32)22-24(43-28)27(41)38(26(22)40)19-8-3-2-6-17(19)30(33,34)35/h2-12,21-22,24H,13H2,1H3,(H,36,39)/t21-,22-,24+/m0/s1. The van der Waals surface area contributed by atoms with E-state index in [0.29, 0.717) is 21.0 Å². The number of aryl methyl sites for hydroxylation is 1. The van der Waals surface area contributed by atoms with Crippen molar-refractivity contribution in [2.45, 2.75) is 35.8 Å². The molecule has 1 N–H and O–H groups in total. The Labute approximate surface area is 266 Å². The predicted molar refractivity (Wildman–Crippen MR) is 164 cm³/mol. The van der Waals surface area contributed by atoms with Gasteiger partial charge in [-0.05, 0) is 42.8 Å². The minimum atomic E-state index is -4.84. The molecular weight excluding hydrogens is 658 g/mol. The van der Waals surface area contributed by atoms with E-state index >= 15 is 0 Å². The molecule has 3 amide bonds. The fraction of sp³-hybridized carbons (Fsp3) is 0.200. The number of para-hydroxylation sites is 1. The zero-order valence-electron chi connectivity index (χ0n) is 22.5. The first-order valence-electron chi connectivity index (χ1n) is 13.1. The Hall–Kier alpha value is -3.58. The number of alkyl halides is 3. The number of nitrogens with zero attached hydrogens (tertiary/aromatic N) is 2. The van der Waals surface area contributed by atoms with Crippen molar-refractivity contribution < 1.29 is 27.6 Å². The number of amides is 3. The van der Waals surface area contributed by atoms with Crippen LogP contribution in [0.1, 0.15) is 27.5 Å². The SMILES string of the molecule is Cc1ccc(NC(=O)Cn2c3c(sc2=O)[C@@H](c2cccc(Cl)c2Cl)[C@@H]2C(=O)N(c4ccccc4C(F)(F)F)C(=O)[C@@H]2S3)cc1. The van der Waals surface area contributed by atoms with Crippen molar-refractivity contribution >= 4 is 75.4 Å². The van der Waals surface area contributed by atoms with Crippen LogP contribution in [-0.2, 0) is 27.1 Å². The molecule has 6 rings (SSSR count). The van der Waals surface area contributed by atoms with Gasteiger partial charge in [-0.2, -0.15) is 13.2 Å². The van der Waals surface area contributed by atoms with Gasteiger partial charge < -0.3 is 5.32 Å². The normalized spacial score (nSPS) is 19.6. The van der Waals surface area contributed by atoms with Crippen LogP contribution in [0.15, 0.2) is 76.6 Å². The zero-order valence-corrected chi connectivity index (χ0v) is 25.7. The second kappa shape index (κ2) is 11.4. The highest BCUT2D eigenvalue weighted by molar-refractivity contribution is 8.00. The number of fused-ring (bicyclic) bond motifs is 2. The third-order valence-electron chi connectivity index (χ3n) is 7.45. The summed E-state index contributed by atoms with van der Waals surface area (Å²) in [7, 11) is 0. The summed E-state index contributed by atoms with van der Waals surface area (Å²) in [6.45, 7) is 1.50. The molecule has 3 heterocycles. The molecule has 1 aromatic heterocycles. The Morgan fingerprint density at radius 1 is 0.955 bits per heavy atom. The van der Waals surface area contributed by atoms with Gasteiger partial charge in [0, 0.05) is 16.5 Å². The Bertz CT molecular complexity index is 1890. The van der Waals surface area contributed by atoms with Crippen molar-refractivity contribution in [2.24, 2.45) is 5.92 Å². The number of carbonyl (C=O) groups is 3. The quantitative estimate of drug-likeness (QED) is 0.230. The summed E-state index contributed by atoms with van der Waals surface area (Å²) in [5.41, 5.74) is 0.122. The second-order valence-corrected chi connectivity index (χ2v) is 13.2. The van der Waals surface area contributed by atoms with Gasteiger partial charge in [0.05, 0.1) is 32.2 Å². The highest BCUT2D eigenvalue weighted by atomic mass is 35.5. The van der Waals surface area contributed by atoms with Gasteiger partial charge in [-0.25, -0.2) is 4.90 Å². The third-order valence-corrected chi connectivity index (χ3v) is 10.9. The lowest BCUT2D eigenvalue weighted by molar-refractivity contribution is -0.137. The maximum absolute atomic E-state index is 14.0. The first-order valence-corrected chi connectivity index (χ1v) is 15.6. The van der Waals surface area contributed by atoms with Crippen LogP contribution in [0.25, 0.3) is 0 Å². The van der Waals surface area contributed by atoms with Gasteiger partial charge in [0.25, 0.3) is 0 Å². The molecule has 3 aromatic carbocycles. The van der Waals surface area contributed by atoms with Gasteiger partial charge in [-0.15, -0.1) is 0 Å². The van der Waals surface area contributed by atoms with Crippen molar-refractivity contribution in [3.63, 3.8) is 0 Å². The van der Waals surface area contributed by atoms with Gasteiger partial charge in [0.2, 0.25) is 17.7 Å². The highest BCUT2D eigenvalue weighted by Gasteiger charge is 2.58. The monoisotopic (exact) mass is 677 g/mol. The first kappa shape index (κ1) is 30.4. The van der Waals surface area contributed by atoms with E-state index < -0.39 is 63.7 Å². The van der Waals surface area contributed by atoms with Crippen LogP contribution in [0, 0.1) is 12.8 Å². The number of anilines is 2. The van der Waals surface area contributed by atoms with Crippen molar-refractivity contribution in [1.82, 2.24) is 4.57 Å². The maximum atomic E-state index is 14.0. The summed E-state index contributed by atoms with van der Waals surface area (Å²) >= 11 is 14.6. The molecule has 1 saturated heterocycles. The van der Waals surface area contributed by atoms with E-state index in [1.807, 2.05) is 19.1 Å². The van der Waals surface area contributed by atoms with Crippen LogP contribution in [0.5, 0.6) is 0 Å². The Balaban J connectivity index is 1.46. The number of thioether (sulfide) groups is 1. The van der Waals surface area contributed by atoms with Gasteiger partial charge in [-0.3, -0.25) is 23.7 Å². The molecule has 0 bridgehead atoms. The average molecular weight is 679 g/mol. The lowest BCUT2D eigenvalue weighted by Gasteiger charge is -2.31. The van der Waals surface area contributed by atoms with Crippen LogP contribution in [0.2, 0.25) is 10.0 Å². The molecule has 44 heavy (non-hydrogen) atoms.